The molecule has 0 amide bonds. The first-order valence-electron chi connectivity index (χ1n) is 11.9. The van der Waals surface area contributed by atoms with Crippen LogP contribution in [-0.2, 0) is 4.74 Å². The van der Waals surface area contributed by atoms with E-state index in [2.05, 4.69) is 32.9 Å². The maximum atomic E-state index is 5.98. The average Bonchev–Trinajstić information content (AvgIpc) is 3.47. The lowest BCUT2D eigenvalue weighted by Crippen LogP contribution is -2.48. The number of hydrogen-bond donors (Lipinski definition) is 1. The summed E-state index contributed by atoms with van der Waals surface area (Å²) in [5.74, 6) is 3.48. The number of aromatic nitrogens is 3. The van der Waals surface area contributed by atoms with Crippen LogP contribution in [0.5, 0.6) is 0 Å². The van der Waals surface area contributed by atoms with Crippen LogP contribution in [0.1, 0.15) is 62.5 Å². The van der Waals surface area contributed by atoms with Crippen LogP contribution in [0.3, 0.4) is 0 Å². The standard InChI is InChI=1S/C16H20N4.C8H13NO/c17-16-14(11-5-6-11)9-12(10-18-16)15-7-8-20(19-15)13-3-1-2-4-13;1-6-2-9(3-7(1)6)8-4-10-5-8/h7-11,13H,1-6H2,(H2,17,18);6-8H,1-5H2. The lowest BCUT2D eigenvalue weighted by Gasteiger charge is -2.35. The van der Waals surface area contributed by atoms with E-state index < -0.39 is 0 Å². The minimum Gasteiger partial charge on any atom is -0.383 e. The fourth-order valence-electron chi connectivity index (χ4n) is 5.38. The van der Waals surface area contributed by atoms with Crippen molar-refractivity contribution in [1.29, 1.82) is 0 Å². The number of fused-ring (bicyclic) bond motifs is 1. The number of pyridine rings is 1. The molecule has 2 aromatic heterocycles. The summed E-state index contributed by atoms with van der Waals surface area (Å²) < 4.78 is 7.29. The number of piperidine rings is 1. The lowest BCUT2D eigenvalue weighted by atomic mass is 10.1. The highest BCUT2D eigenvalue weighted by molar-refractivity contribution is 5.62. The zero-order valence-electron chi connectivity index (χ0n) is 17.7. The second-order valence-electron chi connectivity index (χ2n) is 9.99. The first kappa shape index (κ1) is 18.8. The van der Waals surface area contributed by atoms with Gasteiger partial charge in [0.2, 0.25) is 0 Å². The van der Waals surface area contributed by atoms with Gasteiger partial charge in [-0.3, -0.25) is 9.58 Å². The minimum absolute atomic E-state index is 0.591. The molecule has 6 nitrogen and oxygen atoms in total. The highest BCUT2D eigenvalue weighted by atomic mass is 16.5. The molecule has 2 aliphatic heterocycles. The van der Waals surface area contributed by atoms with Gasteiger partial charge >= 0.3 is 0 Å². The Morgan fingerprint density at radius 2 is 1.77 bits per heavy atom. The van der Waals surface area contributed by atoms with Crippen molar-refractivity contribution in [2.45, 2.75) is 62.9 Å². The van der Waals surface area contributed by atoms with E-state index in [1.807, 2.05) is 6.20 Å². The molecule has 3 aliphatic carbocycles. The number of nitrogens with zero attached hydrogens (tertiary/aromatic N) is 4. The first-order chi connectivity index (χ1) is 14.7. The highest BCUT2D eigenvalue weighted by Crippen LogP contribution is 2.46. The van der Waals surface area contributed by atoms with Gasteiger partial charge in [0.15, 0.2) is 0 Å². The molecule has 160 valence electrons. The van der Waals surface area contributed by atoms with Gasteiger partial charge in [-0.2, -0.15) is 5.10 Å². The number of anilines is 1. The Labute approximate surface area is 178 Å². The Morgan fingerprint density at radius 3 is 2.43 bits per heavy atom. The zero-order valence-corrected chi connectivity index (χ0v) is 17.7. The van der Waals surface area contributed by atoms with Crippen LogP contribution in [0.25, 0.3) is 11.3 Å². The molecule has 6 heteroatoms. The quantitative estimate of drug-likeness (QED) is 0.834. The van der Waals surface area contributed by atoms with Crippen LogP contribution >= 0.6 is 0 Å². The van der Waals surface area contributed by atoms with E-state index in [0.29, 0.717) is 17.8 Å². The molecule has 2 N–H and O–H groups in total. The number of ether oxygens (including phenoxy) is 1. The molecule has 5 fully saturated rings. The molecule has 2 saturated heterocycles. The molecular formula is C24H33N5O. The Morgan fingerprint density at radius 1 is 1.00 bits per heavy atom. The third kappa shape index (κ3) is 3.76. The summed E-state index contributed by atoms with van der Waals surface area (Å²) >= 11 is 0. The van der Waals surface area contributed by atoms with Gasteiger partial charge in [0.05, 0.1) is 31.0 Å². The first-order valence-corrected chi connectivity index (χ1v) is 11.9. The normalized spacial score (nSPS) is 28.7. The fraction of sp³-hybridized carbons (Fsp3) is 0.667. The van der Waals surface area contributed by atoms with Crippen molar-refractivity contribution in [1.82, 2.24) is 19.7 Å². The number of nitrogen functional groups attached to an aromatic ring is 1. The Bertz CT molecular complexity index is 887. The van der Waals surface area contributed by atoms with E-state index in [1.54, 1.807) is 0 Å². The molecule has 0 bridgehead atoms. The van der Waals surface area contributed by atoms with E-state index in [9.17, 15) is 0 Å². The van der Waals surface area contributed by atoms with Crippen LogP contribution < -0.4 is 5.73 Å². The number of likely N-dealkylation sites (tertiary alicyclic amines) is 1. The summed E-state index contributed by atoms with van der Waals surface area (Å²) in [4.78, 5) is 6.97. The van der Waals surface area contributed by atoms with E-state index in [0.717, 1.165) is 42.3 Å². The van der Waals surface area contributed by atoms with Gasteiger partial charge in [-0.05, 0) is 67.6 Å². The molecule has 2 atom stereocenters. The van der Waals surface area contributed by atoms with E-state index in [4.69, 9.17) is 15.6 Å². The maximum absolute atomic E-state index is 5.98. The molecule has 0 spiro atoms. The maximum Gasteiger partial charge on any atom is 0.126 e. The van der Waals surface area contributed by atoms with Crippen molar-refractivity contribution < 1.29 is 4.74 Å². The van der Waals surface area contributed by atoms with Crippen LogP contribution in [0.4, 0.5) is 5.82 Å². The summed E-state index contributed by atoms with van der Waals surface area (Å²) in [6.07, 6.45) is 13.1. The van der Waals surface area contributed by atoms with E-state index in [-0.39, 0.29) is 0 Å². The molecule has 4 heterocycles. The van der Waals surface area contributed by atoms with Crippen molar-refractivity contribution in [3.8, 4) is 11.3 Å². The fourth-order valence-corrected chi connectivity index (χ4v) is 5.38. The molecular weight excluding hydrogens is 374 g/mol. The van der Waals surface area contributed by atoms with Gasteiger partial charge < -0.3 is 10.5 Å². The lowest BCUT2D eigenvalue weighted by molar-refractivity contribution is -0.0605. The second kappa shape index (κ2) is 7.65. The highest BCUT2D eigenvalue weighted by Gasteiger charge is 2.47. The zero-order chi connectivity index (χ0) is 20.1. The van der Waals surface area contributed by atoms with Crippen molar-refractivity contribution in [2.75, 3.05) is 32.0 Å². The predicted molar refractivity (Wildman–Crippen MR) is 117 cm³/mol. The van der Waals surface area contributed by atoms with Crippen molar-refractivity contribution >= 4 is 5.82 Å². The van der Waals surface area contributed by atoms with Gasteiger partial charge in [-0.15, -0.1) is 0 Å². The third-order valence-electron chi connectivity index (χ3n) is 7.71. The molecule has 7 rings (SSSR count). The molecule has 30 heavy (non-hydrogen) atoms. The third-order valence-corrected chi connectivity index (χ3v) is 7.71. The molecule has 2 aromatic rings. The molecule has 0 aromatic carbocycles. The Kier molecular flexibility index (Phi) is 4.80. The summed E-state index contributed by atoms with van der Waals surface area (Å²) in [6, 6.07) is 5.67. The minimum atomic E-state index is 0.591. The van der Waals surface area contributed by atoms with Crippen LogP contribution in [0.15, 0.2) is 24.5 Å². The molecule has 3 saturated carbocycles. The summed E-state index contributed by atoms with van der Waals surface area (Å²) in [5.41, 5.74) is 9.30. The molecule has 2 unspecified atom stereocenters. The van der Waals surface area contributed by atoms with Crippen LogP contribution in [-0.4, -0.2) is 52.0 Å². The van der Waals surface area contributed by atoms with Crippen molar-refractivity contribution in [2.24, 2.45) is 11.8 Å². The van der Waals surface area contributed by atoms with Crippen molar-refractivity contribution in [3.05, 3.63) is 30.1 Å². The average molecular weight is 408 g/mol. The van der Waals surface area contributed by atoms with Gasteiger partial charge in [0.25, 0.3) is 0 Å². The Balaban J connectivity index is 0.000000145. The smallest absolute Gasteiger partial charge is 0.126 e. The summed E-state index contributed by atoms with van der Waals surface area (Å²) in [7, 11) is 0. The SMILES string of the molecule is C1C2CN(C3COC3)CC12.Nc1ncc(-c2ccn(C3CCCC3)n2)cc1C1CC1. The topological polar surface area (TPSA) is 69.2 Å². The number of nitrogens with two attached hydrogens (primary N) is 1. The van der Waals surface area contributed by atoms with Crippen molar-refractivity contribution in [3.63, 3.8) is 0 Å². The van der Waals surface area contributed by atoms with Crippen LogP contribution in [0, 0.1) is 11.8 Å². The Hall–Kier alpha value is -1.92. The van der Waals surface area contributed by atoms with Gasteiger partial charge in [0, 0.05) is 31.0 Å². The number of rotatable bonds is 4. The monoisotopic (exact) mass is 407 g/mol. The van der Waals surface area contributed by atoms with E-state index in [1.165, 1.54) is 63.6 Å². The van der Waals surface area contributed by atoms with Gasteiger partial charge in [-0.1, -0.05) is 12.8 Å². The largest absolute Gasteiger partial charge is 0.383 e. The summed E-state index contributed by atoms with van der Waals surface area (Å²) in [5, 5.41) is 4.75. The summed E-state index contributed by atoms with van der Waals surface area (Å²) in [6.45, 7) is 4.75. The molecule has 0 radical (unpaired) electrons. The van der Waals surface area contributed by atoms with E-state index >= 15 is 0 Å². The molecule has 5 aliphatic rings. The van der Waals surface area contributed by atoms with Gasteiger partial charge in [0.1, 0.15) is 5.82 Å². The van der Waals surface area contributed by atoms with Gasteiger partial charge in [-0.25, -0.2) is 4.98 Å². The second-order valence-corrected chi connectivity index (χ2v) is 9.99. The predicted octanol–water partition coefficient (Wildman–Crippen LogP) is 3.86. The van der Waals surface area contributed by atoms with Crippen LogP contribution in [0.2, 0.25) is 0 Å². The number of hydrogen-bond acceptors (Lipinski definition) is 5.